The maximum atomic E-state index is 12.6. The Morgan fingerprint density at radius 3 is 2.93 bits per heavy atom. The number of hydrogen-bond acceptors (Lipinski definition) is 3. The van der Waals surface area contributed by atoms with E-state index in [-0.39, 0.29) is 17.4 Å². The molecule has 1 aromatic rings. The zero-order valence-corrected chi connectivity index (χ0v) is 7.84. The first kappa shape index (κ1) is 10.7. The van der Waals surface area contributed by atoms with E-state index in [4.69, 9.17) is 22.2 Å². The van der Waals surface area contributed by atoms with Crippen molar-refractivity contribution in [2.45, 2.75) is 0 Å². The molecule has 76 valence electrons. The Labute approximate surface area is 84.8 Å². The van der Waals surface area contributed by atoms with Crippen LogP contribution in [0.4, 0.5) is 4.39 Å². The number of rotatable bonds is 3. The van der Waals surface area contributed by atoms with Gasteiger partial charge < -0.3 is 4.74 Å². The summed E-state index contributed by atoms with van der Waals surface area (Å²) in [5.74, 6) is 4.10. The average molecular weight is 219 g/mol. The van der Waals surface area contributed by atoms with Crippen molar-refractivity contribution >= 4 is 17.5 Å². The Balaban J connectivity index is 2.63. The normalized spacial score (nSPS) is 9.64. The van der Waals surface area contributed by atoms with E-state index in [9.17, 15) is 9.18 Å². The van der Waals surface area contributed by atoms with Crippen molar-refractivity contribution in [2.75, 3.05) is 6.61 Å². The number of halogens is 2. The lowest BCUT2D eigenvalue weighted by molar-refractivity contribution is -0.123. The molecule has 3 N–H and O–H groups in total. The molecule has 0 saturated heterocycles. The summed E-state index contributed by atoms with van der Waals surface area (Å²) in [5, 5.41) is 0.106. The highest BCUT2D eigenvalue weighted by Crippen LogP contribution is 2.24. The van der Waals surface area contributed by atoms with E-state index < -0.39 is 11.7 Å². The molecular weight excluding hydrogens is 211 g/mol. The third kappa shape index (κ3) is 2.86. The minimum Gasteiger partial charge on any atom is -0.482 e. The summed E-state index contributed by atoms with van der Waals surface area (Å²) in [6.45, 7) is -0.262. The quantitative estimate of drug-likeness (QED) is 0.449. The fourth-order valence-corrected chi connectivity index (χ4v) is 0.999. The van der Waals surface area contributed by atoms with Crippen molar-refractivity contribution in [1.29, 1.82) is 0 Å². The van der Waals surface area contributed by atoms with Gasteiger partial charge in [0.05, 0.1) is 5.02 Å². The highest BCUT2D eigenvalue weighted by molar-refractivity contribution is 6.32. The van der Waals surface area contributed by atoms with Crippen LogP contribution in [0.3, 0.4) is 0 Å². The molecule has 1 rings (SSSR count). The van der Waals surface area contributed by atoms with Crippen molar-refractivity contribution in [2.24, 2.45) is 5.84 Å². The molecule has 0 aliphatic carbocycles. The lowest BCUT2D eigenvalue weighted by Gasteiger charge is -2.06. The van der Waals surface area contributed by atoms with E-state index in [1.165, 1.54) is 12.1 Å². The molecule has 0 aliphatic heterocycles. The number of amides is 1. The zero-order chi connectivity index (χ0) is 10.6. The first-order valence-corrected chi connectivity index (χ1v) is 4.08. The van der Waals surface area contributed by atoms with Gasteiger partial charge >= 0.3 is 0 Å². The van der Waals surface area contributed by atoms with Crippen LogP contribution in [-0.2, 0) is 4.79 Å². The fraction of sp³-hybridized carbons (Fsp3) is 0.125. The minimum absolute atomic E-state index is 0.106. The number of nitrogens with two attached hydrogens (primary N) is 1. The van der Waals surface area contributed by atoms with Gasteiger partial charge in [-0.05, 0) is 18.2 Å². The van der Waals surface area contributed by atoms with Crippen LogP contribution in [0.15, 0.2) is 18.2 Å². The van der Waals surface area contributed by atoms with Gasteiger partial charge in [-0.3, -0.25) is 10.2 Å². The number of benzene rings is 1. The second-order valence-corrected chi connectivity index (χ2v) is 2.84. The summed E-state index contributed by atoms with van der Waals surface area (Å²) in [5.41, 5.74) is 1.88. The summed E-state index contributed by atoms with van der Waals surface area (Å²) < 4.78 is 17.5. The lowest BCUT2D eigenvalue weighted by atomic mass is 10.3. The molecule has 0 spiro atoms. The van der Waals surface area contributed by atoms with E-state index in [2.05, 4.69) is 0 Å². The van der Waals surface area contributed by atoms with Crippen LogP contribution in [0.1, 0.15) is 0 Å². The third-order valence-electron chi connectivity index (χ3n) is 1.41. The molecule has 0 unspecified atom stereocenters. The van der Waals surface area contributed by atoms with Crippen molar-refractivity contribution in [3.8, 4) is 5.75 Å². The largest absolute Gasteiger partial charge is 0.482 e. The Kier molecular flexibility index (Phi) is 3.67. The summed E-state index contributed by atoms with van der Waals surface area (Å²) in [6.07, 6.45) is 0. The molecule has 0 aliphatic rings. The first-order valence-electron chi connectivity index (χ1n) is 3.71. The SMILES string of the molecule is NNC(=O)COc1ccc(F)cc1Cl. The molecule has 0 aromatic heterocycles. The molecule has 0 fully saturated rings. The number of carbonyl (C=O) groups excluding carboxylic acids is 1. The first-order chi connectivity index (χ1) is 6.63. The molecule has 1 amide bonds. The molecule has 0 saturated carbocycles. The van der Waals surface area contributed by atoms with Crippen LogP contribution in [0.25, 0.3) is 0 Å². The van der Waals surface area contributed by atoms with Crippen LogP contribution >= 0.6 is 11.6 Å². The summed E-state index contributed by atoms with van der Waals surface area (Å²) in [7, 11) is 0. The predicted molar refractivity (Wildman–Crippen MR) is 49.2 cm³/mol. The predicted octanol–water partition coefficient (Wildman–Crippen LogP) is 0.848. The molecule has 14 heavy (non-hydrogen) atoms. The Morgan fingerprint density at radius 1 is 1.64 bits per heavy atom. The van der Waals surface area contributed by atoms with Gasteiger partial charge in [0.2, 0.25) is 0 Å². The monoisotopic (exact) mass is 218 g/mol. The second-order valence-electron chi connectivity index (χ2n) is 2.43. The van der Waals surface area contributed by atoms with Crippen LogP contribution in [0.2, 0.25) is 5.02 Å². The second kappa shape index (κ2) is 4.78. The van der Waals surface area contributed by atoms with Gasteiger partial charge in [0.1, 0.15) is 11.6 Å². The van der Waals surface area contributed by atoms with E-state index >= 15 is 0 Å². The maximum absolute atomic E-state index is 12.6. The molecule has 0 atom stereocenters. The van der Waals surface area contributed by atoms with Crippen molar-refractivity contribution < 1.29 is 13.9 Å². The van der Waals surface area contributed by atoms with Crippen LogP contribution < -0.4 is 16.0 Å². The van der Waals surface area contributed by atoms with E-state index in [1.54, 1.807) is 0 Å². The molecule has 4 nitrogen and oxygen atoms in total. The Morgan fingerprint density at radius 2 is 2.36 bits per heavy atom. The number of nitrogens with one attached hydrogen (secondary N) is 1. The molecule has 0 radical (unpaired) electrons. The maximum Gasteiger partial charge on any atom is 0.271 e. The molecule has 1 aromatic carbocycles. The number of ether oxygens (including phenoxy) is 1. The number of hydrazine groups is 1. The van der Waals surface area contributed by atoms with E-state index in [1.807, 2.05) is 5.43 Å². The highest BCUT2D eigenvalue weighted by Gasteiger charge is 2.05. The summed E-state index contributed by atoms with van der Waals surface area (Å²) >= 11 is 5.63. The smallest absolute Gasteiger partial charge is 0.271 e. The molecular formula is C8H8ClFN2O2. The van der Waals surface area contributed by atoms with Gasteiger partial charge in [-0.15, -0.1) is 0 Å². The highest BCUT2D eigenvalue weighted by atomic mass is 35.5. The van der Waals surface area contributed by atoms with Crippen LogP contribution in [0.5, 0.6) is 5.75 Å². The van der Waals surface area contributed by atoms with Crippen molar-refractivity contribution in [3.63, 3.8) is 0 Å². The lowest BCUT2D eigenvalue weighted by Crippen LogP contribution is -2.34. The number of hydrogen-bond donors (Lipinski definition) is 2. The van der Waals surface area contributed by atoms with Gasteiger partial charge in [0.15, 0.2) is 6.61 Å². The van der Waals surface area contributed by atoms with Crippen molar-refractivity contribution in [1.82, 2.24) is 5.43 Å². The van der Waals surface area contributed by atoms with Gasteiger partial charge in [0.25, 0.3) is 5.91 Å². The average Bonchev–Trinajstić information content (AvgIpc) is 2.16. The summed E-state index contributed by atoms with van der Waals surface area (Å²) in [6, 6.07) is 3.61. The number of carbonyl (C=O) groups is 1. The van der Waals surface area contributed by atoms with Gasteiger partial charge in [0, 0.05) is 0 Å². The Bertz CT molecular complexity index is 346. The fourth-order valence-electron chi connectivity index (χ4n) is 0.777. The van der Waals surface area contributed by atoms with Crippen LogP contribution in [-0.4, -0.2) is 12.5 Å². The van der Waals surface area contributed by atoms with Crippen LogP contribution in [0, 0.1) is 5.82 Å². The van der Waals surface area contributed by atoms with E-state index in [0.717, 1.165) is 6.07 Å². The standard InChI is InChI=1S/C8H8ClFN2O2/c9-6-3-5(10)1-2-7(6)14-4-8(13)12-11/h1-3H,4,11H2,(H,12,13). The molecule has 0 bridgehead atoms. The molecule has 0 heterocycles. The van der Waals surface area contributed by atoms with E-state index in [0.29, 0.717) is 0 Å². The van der Waals surface area contributed by atoms with Crippen molar-refractivity contribution in [3.05, 3.63) is 29.0 Å². The Hall–Kier alpha value is -1.33. The molecule has 6 heteroatoms. The summed E-state index contributed by atoms with van der Waals surface area (Å²) in [4.78, 5) is 10.7. The zero-order valence-electron chi connectivity index (χ0n) is 7.09. The van der Waals surface area contributed by atoms with Gasteiger partial charge in [-0.2, -0.15) is 0 Å². The van der Waals surface area contributed by atoms with Gasteiger partial charge in [-0.25, -0.2) is 10.2 Å². The minimum atomic E-state index is -0.495. The topological polar surface area (TPSA) is 64.3 Å². The van der Waals surface area contributed by atoms with Gasteiger partial charge in [-0.1, -0.05) is 11.6 Å². The third-order valence-corrected chi connectivity index (χ3v) is 1.71.